The monoisotopic (exact) mass is 1860 g/mol. The van der Waals surface area contributed by atoms with Crippen LogP contribution in [0.3, 0.4) is 0 Å². The van der Waals surface area contributed by atoms with E-state index in [4.69, 9.17) is 85.4 Å². The fourth-order valence-electron chi connectivity index (χ4n) is 15.4. The Balaban J connectivity index is 0.000000196. The molecule has 6 aromatic carbocycles. The Morgan fingerprint density at radius 1 is 0.508 bits per heavy atom. The second kappa shape index (κ2) is 42.5. The minimum Gasteiger partial charge on any atom is -0.870 e. The van der Waals surface area contributed by atoms with Crippen molar-refractivity contribution in [1.82, 2.24) is 54.0 Å². The summed E-state index contributed by atoms with van der Waals surface area (Å²) in [6.45, 7) is 35.1. The minimum atomic E-state index is -1.63. The number of aliphatic carboxylic acids is 1. The van der Waals surface area contributed by atoms with Gasteiger partial charge in [-0.1, -0.05) is 109 Å². The topological polar surface area (TPSA) is 361 Å². The number of benzene rings is 6. The minimum absolute atomic E-state index is 0. The second-order valence-corrected chi connectivity index (χ2v) is 35.7. The molecule has 0 radical (unpaired) electrons. The maximum Gasteiger partial charge on any atom is 1.00 e. The number of nitrogens with two attached hydrogens (primary N) is 1. The second-order valence-electron chi connectivity index (χ2n) is 34.5. The first-order valence-corrected chi connectivity index (χ1v) is 42.8. The van der Waals surface area contributed by atoms with Gasteiger partial charge in [0, 0.05) is 91.4 Å². The molecule has 7 aromatic heterocycles. The number of carbonyl (C=O) groups is 3. The zero-order valence-corrected chi connectivity index (χ0v) is 78.7. The normalized spacial score (nSPS) is 13.4. The number of hydrogen-bond acceptors (Lipinski definition) is 22. The van der Waals surface area contributed by atoms with Crippen molar-refractivity contribution in [2.75, 3.05) is 39.8 Å². The number of aromatic amines is 1. The van der Waals surface area contributed by atoms with E-state index in [0.717, 1.165) is 97.7 Å². The van der Waals surface area contributed by atoms with E-state index in [0.29, 0.717) is 134 Å². The average molecular weight is 1860 g/mol. The number of anilines is 1. The summed E-state index contributed by atoms with van der Waals surface area (Å²) in [5.74, 6) is -2.37. The van der Waals surface area contributed by atoms with Crippen LogP contribution in [-0.4, -0.2) is 150 Å². The zero-order chi connectivity index (χ0) is 92.3. The van der Waals surface area contributed by atoms with Crippen molar-refractivity contribution in [3.63, 3.8) is 0 Å². The van der Waals surface area contributed by atoms with Crippen molar-refractivity contribution >= 4 is 80.8 Å². The average Bonchev–Trinajstić information content (AvgIpc) is 1.47. The number of carbonyl (C=O) groups excluding carboxylic acids is 2. The van der Waals surface area contributed by atoms with E-state index in [2.05, 4.69) is 36.2 Å². The number of ether oxygens (including phenoxy) is 8. The van der Waals surface area contributed by atoms with Gasteiger partial charge in [-0.3, -0.25) is 5.10 Å². The molecule has 3 aliphatic heterocycles. The number of carboxylic acids is 1. The number of aryl methyl sites for hydroxylation is 6. The number of nitrogen functional groups attached to an aromatic ring is 1. The van der Waals surface area contributed by atoms with Gasteiger partial charge >= 0.3 is 43.9 Å². The standard InChI is InChI=1S/C31H34FN3O4.C30H32FN3O4.C21H24ClN3O3.C10H12BFO3.C3H4BrN3.CH4.Li.H2O/c1-17-10-12-20(13-11-17)24-16-25-33-19(3)26(29(30(36)37-7)39-31(4,5)6)27(35(25)34-24)22-15-23(32)28-21(18(22)2)9-8-14-38-28;1-16-9-11-19(12-10-16)23-15-24-32-18(3)25(28(29(35)36)38-30(4,5)6)26(34(24)33-23)21-14-22(31)27-20(17(21)2)8-7-13-37-27;1-12-7-9-14(10-8-12)15-11-16-23-13(2)17(19(22)25(16)24-15)18(20(26)27-6)28-21(3,4)5;1-6-7-3-2-4-15-10(7)9(12)5-8(6)11(13)14;4-2-1-3(5)7-6-2;;;/h10-13,15-16,29H,8-9,14H2,1-7H3;9-12,14-15,28H,7-8,13H2,1-6H3,(H,35,36);7-11,18H,1-6H3;5,13-14H,2-4H2,1H3;1H,(H3,5,6,7);1H4;;1H2/q;;;;;;+1;/p-1. The number of esters is 2. The SMILES string of the molecule is C.COC(=O)C(OC(C)(C)C)c1c(C)nc2cc(-c3ccc(C)cc3)nn2c1-c1cc(F)c2c(c1C)CCCO2.COC(=O)C(OC(C)(C)C)c1c(C)nc2cc(-c3ccc(C)cc3)nn2c1Cl.Cc1c(B(O)O)cc(F)c2c1CCCO2.Cc1ccc(-c2cc3nc(C)c(C(OC(C)(C)C)C(=O)O)c(-c4cc(F)c5c(c4C)CCCO5)n3n2)cc1.Nc1cc(Br)[nH]n1.[Li+].[OH-]. The van der Waals surface area contributed by atoms with Gasteiger partial charge in [0.05, 0.1) is 84.9 Å². The van der Waals surface area contributed by atoms with Crippen molar-refractivity contribution in [2.45, 2.75) is 206 Å². The van der Waals surface area contributed by atoms with Crippen LogP contribution >= 0.6 is 27.5 Å². The van der Waals surface area contributed by atoms with Crippen molar-refractivity contribution < 1.29 is 105 Å². The number of rotatable bonds is 15. The Morgan fingerprint density at radius 2 is 0.831 bits per heavy atom. The first-order chi connectivity index (χ1) is 59.9. The number of hydrogen-bond donors (Lipinski definition) is 5. The molecule has 3 unspecified atom stereocenters. The van der Waals surface area contributed by atoms with Crippen molar-refractivity contribution in [3.05, 3.63) is 226 Å². The summed E-state index contributed by atoms with van der Waals surface area (Å²) in [4.78, 5) is 52.4. The largest absolute Gasteiger partial charge is 1.00 e. The maximum atomic E-state index is 15.5. The molecule has 3 aliphatic rings. The van der Waals surface area contributed by atoms with Crippen LogP contribution in [0, 0.1) is 79.8 Å². The zero-order valence-electron chi connectivity index (χ0n) is 76.4. The molecule has 34 heteroatoms. The van der Waals surface area contributed by atoms with Crippen molar-refractivity contribution in [2.24, 2.45) is 0 Å². The molecule has 0 fully saturated rings. The molecule has 0 amide bonds. The molecule has 10 heterocycles. The van der Waals surface area contributed by atoms with Crippen LogP contribution in [0.5, 0.6) is 17.2 Å². The summed E-state index contributed by atoms with van der Waals surface area (Å²) in [6, 6.07) is 35.4. The Morgan fingerprint density at radius 3 is 1.15 bits per heavy atom. The van der Waals surface area contributed by atoms with E-state index in [1.54, 1.807) is 56.6 Å². The van der Waals surface area contributed by atoms with Gasteiger partial charge in [-0.05, 0) is 225 Å². The van der Waals surface area contributed by atoms with E-state index in [1.165, 1.54) is 36.4 Å². The number of carboxylic acid groups (broad SMARTS) is 1. The summed E-state index contributed by atoms with van der Waals surface area (Å²) in [5, 5.41) is 49.4. The third kappa shape index (κ3) is 23.3. The number of H-pyrrole nitrogens is 1. The van der Waals surface area contributed by atoms with Gasteiger partial charge in [-0.15, -0.1) is 0 Å². The van der Waals surface area contributed by atoms with Crippen molar-refractivity contribution in [1.29, 1.82) is 0 Å². The number of nitrogens with one attached hydrogen (secondary N) is 1. The summed E-state index contributed by atoms with van der Waals surface area (Å²) in [5.41, 5.74) is 23.3. The van der Waals surface area contributed by atoms with Crippen LogP contribution in [0.15, 0.2) is 120 Å². The first-order valence-electron chi connectivity index (χ1n) is 41.6. The Hall–Kier alpha value is -11.0. The summed E-state index contributed by atoms with van der Waals surface area (Å²) >= 11 is 9.80. The number of halogens is 5. The molecule has 0 saturated carbocycles. The summed E-state index contributed by atoms with van der Waals surface area (Å²) < 4.78 is 95.2. The third-order valence-corrected chi connectivity index (χ3v) is 22.2. The maximum absolute atomic E-state index is 15.5. The number of methoxy groups -OCH3 is 2. The Kier molecular flexibility index (Phi) is 33.6. The molecular weight excluding hydrogens is 1750 g/mol. The molecule has 3 atom stereocenters. The Bertz CT molecular complexity index is 6270. The van der Waals surface area contributed by atoms with Crippen LogP contribution in [0.1, 0.15) is 191 Å². The molecule has 0 aliphatic carbocycles. The van der Waals surface area contributed by atoms with Crippen molar-refractivity contribution in [3.8, 4) is 73.5 Å². The molecular formula is C96H111BBrClF3LiN12O15. The van der Waals surface area contributed by atoms with Gasteiger partial charge < -0.3 is 64.3 Å². The van der Waals surface area contributed by atoms with E-state index in [-0.39, 0.29) is 53.9 Å². The van der Waals surface area contributed by atoms with E-state index < -0.39 is 77.6 Å². The molecule has 0 spiro atoms. The summed E-state index contributed by atoms with van der Waals surface area (Å²) in [7, 11) is 1.01. The molecule has 27 nitrogen and oxygen atoms in total. The quantitative estimate of drug-likeness (QED) is 0.0361. The smallest absolute Gasteiger partial charge is 0.870 e. The molecule has 13 aromatic rings. The van der Waals surface area contributed by atoms with Crippen LogP contribution < -0.4 is 44.3 Å². The van der Waals surface area contributed by atoms with Crippen LogP contribution in [0.2, 0.25) is 5.15 Å². The first kappa shape index (κ1) is 103. The van der Waals surface area contributed by atoms with Crippen LogP contribution in [-0.2, 0) is 57.3 Å². The number of aromatic nitrogens is 11. The molecule has 0 bridgehead atoms. The van der Waals surface area contributed by atoms with E-state index in [9.17, 15) is 23.9 Å². The van der Waals surface area contributed by atoms with E-state index in [1.807, 2.05) is 174 Å². The molecule has 16 rings (SSSR count). The summed E-state index contributed by atoms with van der Waals surface area (Å²) in [6.07, 6.45) is 1.04. The third-order valence-electron chi connectivity index (χ3n) is 21.4. The van der Waals surface area contributed by atoms with E-state index >= 15 is 8.78 Å². The van der Waals surface area contributed by atoms with Crippen LogP contribution in [0.4, 0.5) is 19.0 Å². The fraction of sp³-hybridized carbons (Fsp3) is 0.375. The van der Waals surface area contributed by atoms with Gasteiger partial charge in [0.25, 0.3) is 0 Å². The Labute approximate surface area is 780 Å². The molecule has 130 heavy (non-hydrogen) atoms. The number of fused-ring (bicyclic) bond motifs is 6. The number of nitrogens with zero attached hydrogens (tertiary/aromatic N) is 10. The van der Waals surface area contributed by atoms with Gasteiger partial charge in [-0.25, -0.2) is 56.1 Å². The molecule has 7 N–H and O–H groups in total. The van der Waals surface area contributed by atoms with Gasteiger partial charge in [0.15, 0.2) is 70.0 Å². The van der Waals surface area contributed by atoms with Gasteiger partial charge in [0.1, 0.15) is 15.6 Å². The fourth-order valence-corrected chi connectivity index (χ4v) is 16.1. The van der Waals surface area contributed by atoms with Gasteiger partial charge in [0.2, 0.25) is 0 Å². The molecule has 684 valence electrons. The predicted molar refractivity (Wildman–Crippen MR) is 493 cm³/mol. The van der Waals surface area contributed by atoms with Crippen LogP contribution in [0.25, 0.3) is 73.2 Å². The van der Waals surface area contributed by atoms with Gasteiger partial charge in [-0.2, -0.15) is 20.4 Å². The molecule has 0 saturated heterocycles. The predicted octanol–water partition coefficient (Wildman–Crippen LogP) is 15.9.